The molecule has 0 aliphatic rings. The highest BCUT2D eigenvalue weighted by molar-refractivity contribution is 5.89. The first-order chi connectivity index (χ1) is 12.7. The van der Waals surface area contributed by atoms with Crippen molar-refractivity contribution in [2.45, 2.75) is 13.0 Å². The van der Waals surface area contributed by atoms with E-state index < -0.39 is 0 Å². The van der Waals surface area contributed by atoms with Gasteiger partial charge in [0.15, 0.2) is 11.5 Å². The van der Waals surface area contributed by atoms with Crippen molar-refractivity contribution in [2.24, 2.45) is 0 Å². The zero-order valence-electron chi connectivity index (χ0n) is 14.1. The van der Waals surface area contributed by atoms with Crippen LogP contribution in [0.5, 0.6) is 0 Å². The molecule has 0 saturated heterocycles. The molecule has 0 radical (unpaired) electrons. The summed E-state index contributed by atoms with van der Waals surface area (Å²) >= 11 is 0. The van der Waals surface area contributed by atoms with Crippen LogP contribution in [0.1, 0.15) is 18.8 Å². The normalized spacial score (nSPS) is 12.0. The molecule has 0 spiro atoms. The van der Waals surface area contributed by atoms with Crippen molar-refractivity contribution in [2.75, 3.05) is 5.32 Å². The van der Waals surface area contributed by atoms with Gasteiger partial charge in [0.1, 0.15) is 0 Å². The predicted octanol–water partition coefficient (Wildman–Crippen LogP) is 2.80. The van der Waals surface area contributed by atoms with Crippen molar-refractivity contribution in [1.82, 2.24) is 29.7 Å². The van der Waals surface area contributed by atoms with E-state index in [9.17, 15) is 4.79 Å². The van der Waals surface area contributed by atoms with Crippen LogP contribution in [0, 0.1) is 0 Å². The number of anilines is 1. The van der Waals surface area contributed by atoms with Gasteiger partial charge in [-0.2, -0.15) is 5.10 Å². The van der Waals surface area contributed by atoms with Gasteiger partial charge in [0.2, 0.25) is 0 Å². The summed E-state index contributed by atoms with van der Waals surface area (Å²) in [5.41, 5.74) is 2.26. The molecule has 26 heavy (non-hydrogen) atoms. The molecule has 2 amide bonds. The van der Waals surface area contributed by atoms with Gasteiger partial charge in [0, 0.05) is 6.20 Å². The Balaban J connectivity index is 1.43. The number of fused-ring (bicyclic) bond motifs is 1. The van der Waals surface area contributed by atoms with Crippen molar-refractivity contribution in [3.05, 3.63) is 72.9 Å². The first-order valence-electron chi connectivity index (χ1n) is 8.18. The number of hydrogen-bond acceptors (Lipinski definition) is 4. The number of nitrogens with one attached hydrogen (secondary N) is 2. The number of carbonyl (C=O) groups excluding carboxylic acids is 1. The van der Waals surface area contributed by atoms with Crippen LogP contribution in [0.15, 0.2) is 67.1 Å². The van der Waals surface area contributed by atoms with Gasteiger partial charge >= 0.3 is 6.03 Å². The molecule has 3 aromatic heterocycles. The lowest BCUT2D eigenvalue weighted by atomic mass is 10.3. The summed E-state index contributed by atoms with van der Waals surface area (Å²) in [7, 11) is 0. The minimum absolute atomic E-state index is 0.309. The number of amides is 2. The minimum Gasteiger partial charge on any atom is -0.328 e. The number of urea groups is 1. The van der Waals surface area contributed by atoms with E-state index >= 15 is 0 Å². The molecule has 4 rings (SSSR count). The Morgan fingerprint density at radius 2 is 1.88 bits per heavy atom. The summed E-state index contributed by atoms with van der Waals surface area (Å²) in [4.78, 5) is 12.3. The molecule has 130 valence electrons. The van der Waals surface area contributed by atoms with Gasteiger partial charge < -0.3 is 10.6 Å². The predicted molar refractivity (Wildman–Crippen MR) is 97.1 cm³/mol. The maximum absolute atomic E-state index is 12.3. The van der Waals surface area contributed by atoms with E-state index in [0.29, 0.717) is 11.5 Å². The number of pyridine rings is 1. The fourth-order valence-electron chi connectivity index (χ4n) is 2.69. The second-order valence-electron chi connectivity index (χ2n) is 5.82. The van der Waals surface area contributed by atoms with Crippen LogP contribution in [-0.4, -0.2) is 30.4 Å². The van der Waals surface area contributed by atoms with Gasteiger partial charge in [0.25, 0.3) is 0 Å². The molecule has 1 aromatic carbocycles. The average Bonchev–Trinajstić information content (AvgIpc) is 3.29. The third-order valence-corrected chi connectivity index (χ3v) is 3.94. The highest BCUT2D eigenvalue weighted by Crippen LogP contribution is 2.14. The summed E-state index contributed by atoms with van der Waals surface area (Å²) in [6.07, 6.45) is 5.22. The van der Waals surface area contributed by atoms with Gasteiger partial charge in [-0.05, 0) is 31.2 Å². The van der Waals surface area contributed by atoms with E-state index in [-0.39, 0.29) is 12.1 Å². The maximum atomic E-state index is 12.3. The number of rotatable bonds is 4. The van der Waals surface area contributed by atoms with Crippen LogP contribution in [0.2, 0.25) is 0 Å². The maximum Gasteiger partial charge on any atom is 0.319 e. The van der Waals surface area contributed by atoms with Gasteiger partial charge in [-0.25, -0.2) is 9.48 Å². The van der Waals surface area contributed by atoms with Gasteiger partial charge in [-0.15, -0.1) is 10.2 Å². The molecule has 8 heteroatoms. The molecule has 0 fully saturated rings. The van der Waals surface area contributed by atoms with Crippen molar-refractivity contribution in [1.29, 1.82) is 0 Å². The highest BCUT2D eigenvalue weighted by atomic mass is 16.2. The molecule has 3 heterocycles. The fraction of sp³-hybridized carbons (Fsp3) is 0.111. The van der Waals surface area contributed by atoms with Crippen LogP contribution >= 0.6 is 0 Å². The zero-order chi connectivity index (χ0) is 17.9. The molecule has 0 aliphatic carbocycles. The summed E-state index contributed by atoms with van der Waals surface area (Å²) in [6, 6.07) is 14.7. The van der Waals surface area contributed by atoms with Crippen molar-refractivity contribution >= 4 is 17.4 Å². The van der Waals surface area contributed by atoms with Crippen molar-refractivity contribution in [3.63, 3.8) is 0 Å². The van der Waals surface area contributed by atoms with Gasteiger partial charge in [-0.1, -0.05) is 24.3 Å². The third kappa shape index (κ3) is 3.12. The Hall–Kier alpha value is -3.68. The van der Waals surface area contributed by atoms with E-state index in [1.807, 2.05) is 66.1 Å². The summed E-state index contributed by atoms with van der Waals surface area (Å²) in [5.74, 6) is 0.663. The van der Waals surface area contributed by atoms with Crippen LogP contribution < -0.4 is 10.6 Å². The average molecular weight is 347 g/mol. The van der Waals surface area contributed by atoms with E-state index in [2.05, 4.69) is 25.9 Å². The molecule has 1 atom stereocenters. The molecule has 0 aliphatic heterocycles. The number of benzene rings is 1. The highest BCUT2D eigenvalue weighted by Gasteiger charge is 2.16. The Morgan fingerprint density at radius 1 is 1.08 bits per heavy atom. The first-order valence-corrected chi connectivity index (χ1v) is 8.18. The lowest BCUT2D eigenvalue weighted by molar-refractivity contribution is 0.249. The van der Waals surface area contributed by atoms with Crippen molar-refractivity contribution in [3.8, 4) is 5.69 Å². The minimum atomic E-state index is -0.335. The van der Waals surface area contributed by atoms with Crippen LogP contribution in [0.4, 0.5) is 10.5 Å². The number of para-hydroxylation sites is 1. The molecule has 1 unspecified atom stereocenters. The van der Waals surface area contributed by atoms with E-state index in [1.54, 1.807) is 17.1 Å². The van der Waals surface area contributed by atoms with E-state index in [4.69, 9.17) is 0 Å². The summed E-state index contributed by atoms with van der Waals surface area (Å²) in [6.45, 7) is 1.86. The Labute approximate surface area is 149 Å². The molecular formula is C18H17N7O. The second-order valence-corrected chi connectivity index (χ2v) is 5.82. The number of carbonyl (C=O) groups is 1. The summed E-state index contributed by atoms with van der Waals surface area (Å²) in [5, 5.41) is 18.1. The van der Waals surface area contributed by atoms with Crippen LogP contribution in [-0.2, 0) is 0 Å². The van der Waals surface area contributed by atoms with E-state index in [0.717, 1.165) is 11.3 Å². The molecule has 8 nitrogen and oxygen atoms in total. The summed E-state index contributed by atoms with van der Waals surface area (Å²) < 4.78 is 3.55. The Kier molecular flexibility index (Phi) is 4.06. The standard InChI is InChI=1S/C18H17N7O/c1-13(17-23-22-16-9-5-6-10-24(16)17)20-18(26)21-14-11-19-25(12-14)15-7-3-2-4-8-15/h2-13H,1H3,(H2,20,21,26). The lowest BCUT2D eigenvalue weighted by Gasteiger charge is -2.12. The van der Waals surface area contributed by atoms with Gasteiger partial charge in [-0.3, -0.25) is 4.40 Å². The SMILES string of the molecule is CC(NC(=O)Nc1cnn(-c2ccccc2)c1)c1nnc2ccccn12. The van der Waals surface area contributed by atoms with Crippen molar-refractivity contribution < 1.29 is 4.79 Å². The Morgan fingerprint density at radius 3 is 2.73 bits per heavy atom. The smallest absolute Gasteiger partial charge is 0.319 e. The fourth-order valence-corrected chi connectivity index (χ4v) is 2.69. The van der Waals surface area contributed by atoms with Crippen LogP contribution in [0.25, 0.3) is 11.3 Å². The van der Waals surface area contributed by atoms with Crippen LogP contribution in [0.3, 0.4) is 0 Å². The second kappa shape index (κ2) is 6.67. The molecule has 2 N–H and O–H groups in total. The first kappa shape index (κ1) is 15.8. The largest absolute Gasteiger partial charge is 0.328 e. The number of aromatic nitrogens is 5. The molecule has 0 bridgehead atoms. The third-order valence-electron chi connectivity index (χ3n) is 3.94. The quantitative estimate of drug-likeness (QED) is 0.594. The molecule has 0 saturated carbocycles. The Bertz CT molecular complexity index is 1040. The zero-order valence-corrected chi connectivity index (χ0v) is 14.1. The number of hydrogen-bond donors (Lipinski definition) is 2. The topological polar surface area (TPSA) is 89.1 Å². The molecule has 4 aromatic rings. The lowest BCUT2D eigenvalue weighted by Crippen LogP contribution is -2.32. The monoisotopic (exact) mass is 347 g/mol. The van der Waals surface area contributed by atoms with Gasteiger partial charge in [0.05, 0.1) is 29.8 Å². The van der Waals surface area contributed by atoms with E-state index in [1.165, 1.54) is 0 Å². The number of nitrogens with zero attached hydrogens (tertiary/aromatic N) is 5. The molecular weight excluding hydrogens is 330 g/mol.